The minimum Gasteiger partial charge on any atom is -0.478 e. The Morgan fingerprint density at radius 1 is 1.39 bits per heavy atom. The monoisotopic (exact) mass is 251 g/mol. The highest BCUT2D eigenvalue weighted by atomic mass is 16.4. The summed E-state index contributed by atoms with van der Waals surface area (Å²) in [5.41, 5.74) is 6.69. The summed E-state index contributed by atoms with van der Waals surface area (Å²) < 4.78 is 0. The van der Waals surface area contributed by atoms with E-state index in [1.165, 1.54) is 17.0 Å². The molecule has 1 aromatic carbocycles. The minimum atomic E-state index is -1.04. The van der Waals surface area contributed by atoms with Gasteiger partial charge in [0.05, 0.1) is 16.9 Å². The number of nitrogens with one attached hydrogen (secondary N) is 1. The van der Waals surface area contributed by atoms with Crippen molar-refractivity contribution in [3.8, 4) is 0 Å². The van der Waals surface area contributed by atoms with Gasteiger partial charge in [-0.1, -0.05) is 0 Å². The molecule has 1 rings (SSSR count). The maximum atomic E-state index is 11.7. The number of nitrogens with zero attached hydrogens (tertiary/aromatic N) is 1. The highest BCUT2D eigenvalue weighted by Crippen LogP contribution is 2.21. The van der Waals surface area contributed by atoms with Crippen LogP contribution in [0.2, 0.25) is 0 Å². The molecule has 0 aromatic heterocycles. The van der Waals surface area contributed by atoms with E-state index in [-0.39, 0.29) is 11.5 Å². The summed E-state index contributed by atoms with van der Waals surface area (Å²) in [5.74, 6) is -1.12. The van der Waals surface area contributed by atoms with Gasteiger partial charge in [0.15, 0.2) is 0 Å². The van der Waals surface area contributed by atoms with E-state index in [1.54, 1.807) is 27.1 Å². The van der Waals surface area contributed by atoms with E-state index in [9.17, 15) is 9.59 Å². The van der Waals surface area contributed by atoms with Gasteiger partial charge in [0, 0.05) is 14.1 Å². The van der Waals surface area contributed by atoms with Crippen LogP contribution in [0.4, 0.5) is 11.4 Å². The summed E-state index contributed by atoms with van der Waals surface area (Å²) in [5, 5.41) is 11.8. The number of carbonyl (C=O) groups excluding carboxylic acids is 1. The van der Waals surface area contributed by atoms with Crippen LogP contribution in [0, 0.1) is 0 Å². The Bertz CT molecular complexity index is 472. The van der Waals surface area contributed by atoms with Crippen molar-refractivity contribution in [2.75, 3.05) is 25.1 Å². The fourth-order valence-electron chi connectivity index (χ4n) is 1.51. The molecule has 0 aliphatic rings. The third kappa shape index (κ3) is 3.13. The number of likely N-dealkylation sites (N-methyl/N-ethyl adjacent to an activating group) is 1. The molecule has 0 aliphatic heterocycles. The standard InChI is InChI=1S/C12H17N3O3/c1-7(11(16)15(2)3)14-10-5-4-8(12(17)18)6-9(10)13/h4-7,14H,13H2,1-3H3,(H,17,18). The van der Waals surface area contributed by atoms with Gasteiger partial charge in [-0.3, -0.25) is 4.79 Å². The van der Waals surface area contributed by atoms with E-state index >= 15 is 0 Å². The van der Waals surface area contributed by atoms with E-state index in [0.29, 0.717) is 11.4 Å². The zero-order valence-electron chi connectivity index (χ0n) is 10.6. The summed E-state index contributed by atoms with van der Waals surface area (Å²) in [6.45, 7) is 1.72. The van der Waals surface area contributed by atoms with Crippen LogP contribution in [0.3, 0.4) is 0 Å². The Morgan fingerprint density at radius 2 is 2.00 bits per heavy atom. The number of hydrogen-bond acceptors (Lipinski definition) is 4. The Balaban J connectivity index is 2.86. The Kier molecular flexibility index (Phi) is 4.14. The summed E-state index contributed by atoms with van der Waals surface area (Å²) in [6, 6.07) is 3.92. The summed E-state index contributed by atoms with van der Waals surface area (Å²) in [4.78, 5) is 23.9. The Morgan fingerprint density at radius 3 is 2.44 bits per heavy atom. The molecule has 1 aromatic rings. The first-order valence-electron chi connectivity index (χ1n) is 5.43. The van der Waals surface area contributed by atoms with Crippen molar-refractivity contribution in [1.82, 2.24) is 4.90 Å². The van der Waals surface area contributed by atoms with Gasteiger partial charge < -0.3 is 21.1 Å². The Hall–Kier alpha value is -2.24. The molecule has 98 valence electrons. The molecule has 0 spiro atoms. The summed E-state index contributed by atoms with van der Waals surface area (Å²) in [6.07, 6.45) is 0. The fourth-order valence-corrected chi connectivity index (χ4v) is 1.51. The molecule has 0 radical (unpaired) electrons. The molecule has 18 heavy (non-hydrogen) atoms. The van der Waals surface area contributed by atoms with Gasteiger partial charge >= 0.3 is 5.97 Å². The lowest BCUT2D eigenvalue weighted by Crippen LogP contribution is -2.36. The maximum absolute atomic E-state index is 11.7. The molecule has 6 heteroatoms. The average Bonchev–Trinajstić information content (AvgIpc) is 2.30. The number of nitrogen functional groups attached to an aromatic ring is 1. The van der Waals surface area contributed by atoms with E-state index in [4.69, 9.17) is 10.8 Å². The predicted molar refractivity (Wildman–Crippen MR) is 69.6 cm³/mol. The van der Waals surface area contributed by atoms with Crippen LogP contribution in [-0.4, -0.2) is 42.0 Å². The molecule has 0 bridgehead atoms. The van der Waals surface area contributed by atoms with Gasteiger partial charge in [-0.15, -0.1) is 0 Å². The highest BCUT2D eigenvalue weighted by molar-refractivity contribution is 5.91. The quantitative estimate of drug-likeness (QED) is 0.690. The van der Waals surface area contributed by atoms with Gasteiger partial charge in [-0.25, -0.2) is 4.79 Å². The van der Waals surface area contributed by atoms with E-state index < -0.39 is 12.0 Å². The largest absolute Gasteiger partial charge is 0.478 e. The normalized spacial score (nSPS) is 11.7. The molecule has 1 unspecified atom stereocenters. The number of carboxylic acids is 1. The zero-order chi connectivity index (χ0) is 13.9. The van der Waals surface area contributed by atoms with Gasteiger partial charge in [0.1, 0.15) is 6.04 Å². The molecular weight excluding hydrogens is 234 g/mol. The van der Waals surface area contributed by atoms with E-state index in [2.05, 4.69) is 5.32 Å². The number of benzene rings is 1. The van der Waals surface area contributed by atoms with E-state index in [0.717, 1.165) is 0 Å². The highest BCUT2D eigenvalue weighted by Gasteiger charge is 2.15. The zero-order valence-corrected chi connectivity index (χ0v) is 10.6. The third-order valence-electron chi connectivity index (χ3n) is 2.48. The van der Waals surface area contributed by atoms with Crippen molar-refractivity contribution in [1.29, 1.82) is 0 Å². The lowest BCUT2D eigenvalue weighted by Gasteiger charge is -2.20. The van der Waals surface area contributed by atoms with Crippen LogP contribution in [-0.2, 0) is 4.79 Å². The first kappa shape index (κ1) is 13.8. The first-order valence-corrected chi connectivity index (χ1v) is 5.43. The van der Waals surface area contributed by atoms with Crippen molar-refractivity contribution in [3.63, 3.8) is 0 Å². The van der Waals surface area contributed by atoms with Crippen molar-refractivity contribution < 1.29 is 14.7 Å². The van der Waals surface area contributed by atoms with Crippen molar-refractivity contribution in [2.45, 2.75) is 13.0 Å². The number of hydrogen-bond donors (Lipinski definition) is 3. The Labute approximate surface area is 105 Å². The molecule has 0 heterocycles. The molecular formula is C12H17N3O3. The van der Waals surface area contributed by atoms with Crippen LogP contribution < -0.4 is 11.1 Å². The van der Waals surface area contributed by atoms with Gasteiger partial charge in [0.2, 0.25) is 5.91 Å². The van der Waals surface area contributed by atoms with E-state index in [1.807, 2.05) is 0 Å². The molecule has 6 nitrogen and oxygen atoms in total. The molecule has 0 saturated heterocycles. The van der Waals surface area contributed by atoms with Crippen LogP contribution >= 0.6 is 0 Å². The van der Waals surface area contributed by atoms with Crippen LogP contribution in [0.5, 0.6) is 0 Å². The maximum Gasteiger partial charge on any atom is 0.335 e. The minimum absolute atomic E-state index is 0.0864. The third-order valence-corrected chi connectivity index (χ3v) is 2.48. The number of aromatic carboxylic acids is 1. The van der Waals surface area contributed by atoms with Crippen molar-refractivity contribution in [2.24, 2.45) is 0 Å². The van der Waals surface area contributed by atoms with Gasteiger partial charge in [0.25, 0.3) is 0 Å². The summed E-state index contributed by atoms with van der Waals surface area (Å²) in [7, 11) is 3.33. The number of carboxylic acid groups (broad SMARTS) is 1. The van der Waals surface area contributed by atoms with Crippen molar-refractivity contribution in [3.05, 3.63) is 23.8 Å². The second-order valence-electron chi connectivity index (χ2n) is 4.21. The van der Waals surface area contributed by atoms with Gasteiger partial charge in [-0.2, -0.15) is 0 Å². The number of rotatable bonds is 4. The van der Waals surface area contributed by atoms with Crippen molar-refractivity contribution >= 4 is 23.3 Å². The van der Waals surface area contributed by atoms with Crippen LogP contribution in [0.1, 0.15) is 17.3 Å². The van der Waals surface area contributed by atoms with Crippen LogP contribution in [0.25, 0.3) is 0 Å². The second kappa shape index (κ2) is 5.39. The first-order chi connectivity index (χ1) is 8.32. The number of amides is 1. The SMILES string of the molecule is CC(Nc1ccc(C(=O)O)cc1N)C(=O)N(C)C. The second-order valence-corrected chi connectivity index (χ2v) is 4.21. The molecule has 1 atom stereocenters. The smallest absolute Gasteiger partial charge is 0.335 e. The molecule has 0 saturated carbocycles. The predicted octanol–water partition coefficient (Wildman–Crippen LogP) is 0.856. The molecule has 1 amide bonds. The summed E-state index contributed by atoms with van der Waals surface area (Å²) >= 11 is 0. The topological polar surface area (TPSA) is 95.7 Å². The molecule has 0 aliphatic carbocycles. The van der Waals surface area contributed by atoms with Gasteiger partial charge in [-0.05, 0) is 25.1 Å². The molecule has 0 fully saturated rings. The lowest BCUT2D eigenvalue weighted by molar-refractivity contribution is -0.129. The fraction of sp³-hybridized carbons (Fsp3) is 0.333. The number of nitrogens with two attached hydrogens (primary N) is 1. The average molecular weight is 251 g/mol. The lowest BCUT2D eigenvalue weighted by atomic mass is 10.1. The number of carbonyl (C=O) groups is 2. The number of anilines is 2. The van der Waals surface area contributed by atoms with Crippen LogP contribution in [0.15, 0.2) is 18.2 Å². The molecule has 4 N–H and O–H groups in total.